The van der Waals surface area contributed by atoms with E-state index in [4.69, 9.17) is 9.47 Å². The number of carbonyl (C=O) groups is 1. The van der Waals surface area contributed by atoms with Gasteiger partial charge < -0.3 is 18.9 Å². The van der Waals surface area contributed by atoms with E-state index in [1.807, 2.05) is 53.6 Å². The highest BCUT2D eigenvalue weighted by Crippen LogP contribution is 2.35. The predicted molar refractivity (Wildman–Crippen MR) is 116 cm³/mol. The Hall–Kier alpha value is -3.32. The van der Waals surface area contributed by atoms with Crippen LogP contribution in [0.2, 0.25) is 0 Å². The maximum Gasteiger partial charge on any atom is 0.271 e. The summed E-state index contributed by atoms with van der Waals surface area (Å²) in [5, 5.41) is 0. The standard InChI is InChI=1S/C24H26N4O3/c1-30-19-9-7-17(8-10-19)13-28-22-16-26(14-18-5-3-11-25-23(18)31-2)15-21(22)27-12-4-6-20(27)24(28)29/h3-12,21-22H,13-16H2,1-2H3/t21-,22-/m1/s1. The normalized spacial score (nSPS) is 20.5. The SMILES string of the molecule is COc1ccc(CN2C(=O)c3cccn3[C@@H]3CN(Cc4cccnc4OC)C[C@H]32)cc1. The van der Waals surface area contributed by atoms with Crippen molar-refractivity contribution in [2.24, 2.45) is 0 Å². The third-order valence-corrected chi connectivity index (χ3v) is 6.30. The van der Waals surface area contributed by atoms with Crippen molar-refractivity contribution in [1.29, 1.82) is 0 Å². The lowest BCUT2D eigenvalue weighted by molar-refractivity contribution is 0.0556. The number of carbonyl (C=O) groups excluding carboxylic acids is 1. The van der Waals surface area contributed by atoms with Crippen molar-refractivity contribution < 1.29 is 14.3 Å². The van der Waals surface area contributed by atoms with E-state index < -0.39 is 0 Å². The molecule has 5 rings (SSSR count). The second-order valence-corrected chi connectivity index (χ2v) is 8.08. The van der Waals surface area contributed by atoms with E-state index in [0.717, 1.165) is 42.2 Å². The quantitative estimate of drug-likeness (QED) is 0.616. The molecular formula is C24H26N4O3. The number of likely N-dealkylation sites (tertiary alicyclic amines) is 1. The van der Waals surface area contributed by atoms with Gasteiger partial charge in [-0.15, -0.1) is 0 Å². The van der Waals surface area contributed by atoms with Crippen LogP contribution in [0.15, 0.2) is 60.9 Å². The zero-order valence-corrected chi connectivity index (χ0v) is 17.8. The topological polar surface area (TPSA) is 59.8 Å². The van der Waals surface area contributed by atoms with E-state index >= 15 is 0 Å². The Morgan fingerprint density at radius 3 is 2.55 bits per heavy atom. The Morgan fingerprint density at radius 1 is 0.968 bits per heavy atom. The van der Waals surface area contributed by atoms with Crippen LogP contribution < -0.4 is 9.47 Å². The predicted octanol–water partition coefficient (Wildman–Crippen LogP) is 2.98. The zero-order valence-electron chi connectivity index (χ0n) is 17.8. The second kappa shape index (κ2) is 8.07. The van der Waals surface area contributed by atoms with Crippen LogP contribution in [0.4, 0.5) is 0 Å². The van der Waals surface area contributed by atoms with Crippen molar-refractivity contribution in [3.05, 3.63) is 77.7 Å². The van der Waals surface area contributed by atoms with E-state index in [-0.39, 0.29) is 18.0 Å². The van der Waals surface area contributed by atoms with Crippen molar-refractivity contribution in [2.45, 2.75) is 25.2 Å². The first kappa shape index (κ1) is 19.6. The first-order valence-electron chi connectivity index (χ1n) is 10.5. The molecule has 3 aromatic rings. The van der Waals surface area contributed by atoms with Crippen molar-refractivity contribution in [1.82, 2.24) is 19.4 Å². The minimum atomic E-state index is 0.0860. The van der Waals surface area contributed by atoms with Gasteiger partial charge in [-0.2, -0.15) is 0 Å². The lowest BCUT2D eigenvalue weighted by atomic mass is 10.0. The van der Waals surface area contributed by atoms with E-state index in [0.29, 0.717) is 12.4 Å². The maximum absolute atomic E-state index is 13.3. The highest BCUT2D eigenvalue weighted by Gasteiger charge is 2.44. The van der Waals surface area contributed by atoms with Gasteiger partial charge in [-0.3, -0.25) is 9.69 Å². The van der Waals surface area contributed by atoms with E-state index in [1.54, 1.807) is 20.4 Å². The summed E-state index contributed by atoms with van der Waals surface area (Å²) in [6, 6.07) is 16.2. The van der Waals surface area contributed by atoms with Crippen molar-refractivity contribution in [2.75, 3.05) is 27.3 Å². The molecule has 2 aliphatic heterocycles. The third kappa shape index (κ3) is 3.55. The molecular weight excluding hydrogens is 392 g/mol. The summed E-state index contributed by atoms with van der Waals surface area (Å²) < 4.78 is 12.9. The van der Waals surface area contributed by atoms with Crippen LogP contribution in [0.1, 0.15) is 27.7 Å². The van der Waals surface area contributed by atoms with Crippen LogP contribution in [-0.2, 0) is 13.1 Å². The van der Waals surface area contributed by atoms with Crippen molar-refractivity contribution in [3.8, 4) is 11.6 Å². The Labute approximate surface area is 181 Å². The average molecular weight is 418 g/mol. The number of ether oxygens (including phenoxy) is 2. The van der Waals surface area contributed by atoms with E-state index in [9.17, 15) is 4.79 Å². The summed E-state index contributed by atoms with van der Waals surface area (Å²) >= 11 is 0. The summed E-state index contributed by atoms with van der Waals surface area (Å²) in [6.07, 6.45) is 3.78. The van der Waals surface area contributed by atoms with Gasteiger partial charge in [0.25, 0.3) is 5.91 Å². The number of methoxy groups -OCH3 is 2. The van der Waals surface area contributed by atoms with E-state index in [2.05, 4.69) is 20.5 Å². The molecule has 1 amide bonds. The van der Waals surface area contributed by atoms with Gasteiger partial charge in [-0.1, -0.05) is 18.2 Å². The fourth-order valence-electron chi connectivity index (χ4n) is 4.80. The lowest BCUT2D eigenvalue weighted by Crippen LogP contribution is -2.49. The number of fused-ring (bicyclic) bond motifs is 3. The largest absolute Gasteiger partial charge is 0.497 e. The van der Waals surface area contributed by atoms with Gasteiger partial charge in [0.15, 0.2) is 0 Å². The number of benzene rings is 1. The minimum absolute atomic E-state index is 0.0860. The highest BCUT2D eigenvalue weighted by molar-refractivity contribution is 5.94. The molecule has 1 fully saturated rings. The van der Waals surface area contributed by atoms with Crippen molar-refractivity contribution in [3.63, 3.8) is 0 Å². The molecule has 0 N–H and O–H groups in total. The molecule has 7 nitrogen and oxygen atoms in total. The number of amides is 1. The highest BCUT2D eigenvalue weighted by atomic mass is 16.5. The van der Waals surface area contributed by atoms with Crippen LogP contribution >= 0.6 is 0 Å². The zero-order chi connectivity index (χ0) is 21.4. The molecule has 2 atom stereocenters. The second-order valence-electron chi connectivity index (χ2n) is 8.08. The van der Waals surface area contributed by atoms with Crippen LogP contribution in [0.3, 0.4) is 0 Å². The molecule has 1 saturated heterocycles. The number of hydrogen-bond acceptors (Lipinski definition) is 5. The third-order valence-electron chi connectivity index (χ3n) is 6.30. The molecule has 0 saturated carbocycles. The van der Waals surface area contributed by atoms with Gasteiger partial charge in [0.1, 0.15) is 11.4 Å². The minimum Gasteiger partial charge on any atom is -0.497 e. The Morgan fingerprint density at radius 2 is 1.77 bits per heavy atom. The summed E-state index contributed by atoms with van der Waals surface area (Å²) in [6.45, 7) is 3.00. The molecule has 0 radical (unpaired) electrons. The average Bonchev–Trinajstić information content (AvgIpc) is 3.45. The van der Waals surface area contributed by atoms with Crippen molar-refractivity contribution >= 4 is 5.91 Å². The van der Waals surface area contributed by atoms with Gasteiger partial charge in [0.05, 0.1) is 26.3 Å². The number of rotatable bonds is 6. The lowest BCUT2D eigenvalue weighted by Gasteiger charge is -2.38. The van der Waals surface area contributed by atoms with Gasteiger partial charge in [0, 0.05) is 44.1 Å². The molecule has 2 aromatic heterocycles. The summed E-state index contributed by atoms with van der Waals surface area (Å²) in [4.78, 5) is 22.1. The summed E-state index contributed by atoms with van der Waals surface area (Å²) in [5.74, 6) is 1.56. The van der Waals surface area contributed by atoms with Crippen LogP contribution in [0, 0.1) is 0 Å². The van der Waals surface area contributed by atoms with Crippen LogP contribution in [0.25, 0.3) is 0 Å². The fraction of sp³-hybridized carbons (Fsp3) is 0.333. The molecule has 0 unspecified atom stereocenters. The Kier molecular flexibility index (Phi) is 5.11. The molecule has 1 aromatic carbocycles. The smallest absolute Gasteiger partial charge is 0.271 e. The molecule has 2 aliphatic rings. The van der Waals surface area contributed by atoms with Gasteiger partial charge in [0.2, 0.25) is 5.88 Å². The van der Waals surface area contributed by atoms with Gasteiger partial charge in [-0.05, 0) is 35.9 Å². The number of aromatic nitrogens is 2. The first-order chi connectivity index (χ1) is 15.2. The maximum atomic E-state index is 13.3. The molecule has 7 heteroatoms. The monoisotopic (exact) mass is 418 g/mol. The molecule has 31 heavy (non-hydrogen) atoms. The molecule has 0 spiro atoms. The molecule has 160 valence electrons. The fourth-order valence-corrected chi connectivity index (χ4v) is 4.80. The Balaban J connectivity index is 1.41. The molecule has 0 aliphatic carbocycles. The number of pyridine rings is 1. The summed E-state index contributed by atoms with van der Waals surface area (Å²) in [7, 11) is 3.31. The van der Waals surface area contributed by atoms with Crippen LogP contribution in [-0.4, -0.2) is 58.6 Å². The van der Waals surface area contributed by atoms with Gasteiger partial charge >= 0.3 is 0 Å². The van der Waals surface area contributed by atoms with E-state index in [1.165, 1.54) is 0 Å². The molecule has 4 heterocycles. The van der Waals surface area contributed by atoms with Crippen LogP contribution in [0.5, 0.6) is 11.6 Å². The first-order valence-corrected chi connectivity index (χ1v) is 10.5. The molecule has 0 bridgehead atoms. The van der Waals surface area contributed by atoms with Gasteiger partial charge in [-0.25, -0.2) is 4.98 Å². The number of nitrogens with zero attached hydrogens (tertiary/aromatic N) is 4. The summed E-state index contributed by atoms with van der Waals surface area (Å²) in [5.41, 5.74) is 2.92. The number of hydrogen-bond donors (Lipinski definition) is 0. The Bertz CT molecular complexity index is 1080.